The maximum absolute atomic E-state index is 5.96. The molecule has 0 aliphatic heterocycles. The minimum absolute atomic E-state index is 0.261. The van der Waals surface area contributed by atoms with E-state index >= 15 is 0 Å². The minimum atomic E-state index is 0.261. The number of hydrogen-bond acceptors (Lipinski definition) is 3. The second-order valence-electron chi connectivity index (χ2n) is 4.95. The van der Waals surface area contributed by atoms with Gasteiger partial charge in [-0.2, -0.15) is 0 Å². The van der Waals surface area contributed by atoms with Crippen LogP contribution < -0.4 is 5.73 Å². The first-order valence-electron chi connectivity index (χ1n) is 5.11. The summed E-state index contributed by atoms with van der Waals surface area (Å²) in [5.41, 5.74) is 7.31. The molecule has 0 radical (unpaired) electrons. The second kappa shape index (κ2) is 3.05. The van der Waals surface area contributed by atoms with Crippen LogP contribution in [0.15, 0.2) is 6.20 Å². The molecular formula is C10H18N4. The molecule has 2 N–H and O–H groups in total. The maximum Gasteiger partial charge on any atom is 0.0830 e. The third-order valence-electron chi connectivity index (χ3n) is 3.65. The molecule has 0 aromatic carbocycles. The van der Waals surface area contributed by atoms with Crippen molar-refractivity contribution in [2.24, 2.45) is 24.1 Å². The average Bonchev–Trinajstić information content (AvgIpc) is 2.51. The Hall–Kier alpha value is -0.900. The summed E-state index contributed by atoms with van der Waals surface area (Å²) in [6.07, 6.45) is 4.11. The topological polar surface area (TPSA) is 56.7 Å². The van der Waals surface area contributed by atoms with Crippen molar-refractivity contribution in [3.8, 4) is 0 Å². The Kier molecular flexibility index (Phi) is 2.10. The van der Waals surface area contributed by atoms with Gasteiger partial charge in [0, 0.05) is 19.3 Å². The molecule has 0 bridgehead atoms. The van der Waals surface area contributed by atoms with E-state index < -0.39 is 0 Å². The third-order valence-corrected chi connectivity index (χ3v) is 3.65. The van der Waals surface area contributed by atoms with Crippen LogP contribution in [0, 0.1) is 11.3 Å². The van der Waals surface area contributed by atoms with Crippen LogP contribution >= 0.6 is 0 Å². The highest BCUT2D eigenvalue weighted by Crippen LogP contribution is 2.46. The van der Waals surface area contributed by atoms with E-state index in [-0.39, 0.29) is 5.41 Å². The minimum Gasteiger partial charge on any atom is -0.327 e. The first-order chi connectivity index (χ1) is 6.50. The Bertz CT molecular complexity index is 329. The SMILES string of the molecule is Cn1cc(CC2CC(N)C2(C)C)nn1. The van der Waals surface area contributed by atoms with Gasteiger partial charge < -0.3 is 5.73 Å². The Balaban J connectivity index is 2.00. The van der Waals surface area contributed by atoms with E-state index in [1.165, 1.54) is 0 Å². The van der Waals surface area contributed by atoms with Crippen LogP contribution in [0.1, 0.15) is 26.0 Å². The maximum atomic E-state index is 5.96. The Morgan fingerprint density at radius 3 is 2.79 bits per heavy atom. The molecule has 78 valence electrons. The van der Waals surface area contributed by atoms with E-state index in [4.69, 9.17) is 5.73 Å². The van der Waals surface area contributed by atoms with Gasteiger partial charge in [0.1, 0.15) is 0 Å². The first kappa shape index (κ1) is 9.65. The van der Waals surface area contributed by atoms with Crippen LogP contribution in [0.5, 0.6) is 0 Å². The van der Waals surface area contributed by atoms with Crippen LogP contribution in [0.4, 0.5) is 0 Å². The Morgan fingerprint density at radius 1 is 1.64 bits per heavy atom. The molecule has 1 aliphatic carbocycles. The van der Waals surface area contributed by atoms with Crippen molar-refractivity contribution in [3.63, 3.8) is 0 Å². The lowest BCUT2D eigenvalue weighted by Crippen LogP contribution is -2.55. The first-order valence-corrected chi connectivity index (χ1v) is 5.11. The molecule has 1 aromatic heterocycles. The number of hydrogen-bond donors (Lipinski definition) is 1. The van der Waals surface area contributed by atoms with E-state index in [1.807, 2.05) is 13.2 Å². The molecular weight excluding hydrogens is 176 g/mol. The van der Waals surface area contributed by atoms with Crippen LogP contribution in [0.3, 0.4) is 0 Å². The highest BCUT2D eigenvalue weighted by molar-refractivity contribution is 5.05. The molecule has 1 aromatic rings. The molecule has 1 aliphatic rings. The van der Waals surface area contributed by atoms with Gasteiger partial charge in [0.2, 0.25) is 0 Å². The van der Waals surface area contributed by atoms with Crippen molar-refractivity contribution in [1.29, 1.82) is 0 Å². The van der Waals surface area contributed by atoms with E-state index in [9.17, 15) is 0 Å². The summed E-state index contributed by atoms with van der Waals surface area (Å²) >= 11 is 0. The zero-order chi connectivity index (χ0) is 10.3. The molecule has 1 heterocycles. The van der Waals surface area contributed by atoms with E-state index in [0.717, 1.165) is 18.5 Å². The highest BCUT2D eigenvalue weighted by Gasteiger charge is 2.45. The van der Waals surface area contributed by atoms with E-state index in [1.54, 1.807) is 4.68 Å². The zero-order valence-electron chi connectivity index (χ0n) is 9.07. The van der Waals surface area contributed by atoms with E-state index in [2.05, 4.69) is 24.2 Å². The average molecular weight is 194 g/mol. The summed E-state index contributed by atoms with van der Waals surface area (Å²) in [5, 5.41) is 8.03. The summed E-state index contributed by atoms with van der Waals surface area (Å²) < 4.78 is 1.75. The molecule has 4 heteroatoms. The number of rotatable bonds is 2. The fourth-order valence-corrected chi connectivity index (χ4v) is 2.14. The highest BCUT2D eigenvalue weighted by atomic mass is 15.4. The summed E-state index contributed by atoms with van der Waals surface area (Å²) in [4.78, 5) is 0. The number of aryl methyl sites for hydroxylation is 1. The molecule has 4 nitrogen and oxygen atoms in total. The third kappa shape index (κ3) is 1.43. The van der Waals surface area contributed by atoms with Crippen LogP contribution in [-0.2, 0) is 13.5 Å². The van der Waals surface area contributed by atoms with Crippen molar-refractivity contribution in [3.05, 3.63) is 11.9 Å². The predicted octanol–water partition coefficient (Wildman–Crippen LogP) is 0.731. The Morgan fingerprint density at radius 2 is 2.36 bits per heavy atom. The second-order valence-corrected chi connectivity index (χ2v) is 4.95. The van der Waals surface area contributed by atoms with Crippen LogP contribution in [0.25, 0.3) is 0 Å². The van der Waals surface area contributed by atoms with Gasteiger partial charge >= 0.3 is 0 Å². The smallest absolute Gasteiger partial charge is 0.0830 e. The summed E-state index contributed by atoms with van der Waals surface area (Å²) in [6.45, 7) is 4.48. The largest absolute Gasteiger partial charge is 0.327 e. The summed E-state index contributed by atoms with van der Waals surface area (Å²) in [6, 6.07) is 0.351. The molecule has 2 unspecified atom stereocenters. The molecule has 14 heavy (non-hydrogen) atoms. The molecule has 2 rings (SSSR count). The van der Waals surface area contributed by atoms with Crippen LogP contribution in [0.2, 0.25) is 0 Å². The number of nitrogens with two attached hydrogens (primary N) is 1. The fourth-order valence-electron chi connectivity index (χ4n) is 2.14. The van der Waals surface area contributed by atoms with Gasteiger partial charge in [0.05, 0.1) is 5.69 Å². The van der Waals surface area contributed by atoms with Crippen LogP contribution in [-0.4, -0.2) is 21.0 Å². The van der Waals surface area contributed by atoms with Crippen molar-refractivity contribution < 1.29 is 0 Å². The lowest BCUT2D eigenvalue weighted by molar-refractivity contribution is 0.0375. The lowest BCUT2D eigenvalue weighted by atomic mass is 9.57. The standard InChI is InChI=1S/C10H18N4/c1-10(2)7(5-9(10)11)4-8-6-14(3)13-12-8/h6-7,9H,4-5,11H2,1-3H3. The zero-order valence-corrected chi connectivity index (χ0v) is 9.07. The van der Waals surface area contributed by atoms with Gasteiger partial charge in [-0.25, -0.2) is 0 Å². The molecule has 1 fully saturated rings. The predicted molar refractivity (Wildman–Crippen MR) is 54.6 cm³/mol. The van der Waals surface area contributed by atoms with Gasteiger partial charge in [-0.15, -0.1) is 5.10 Å². The fraction of sp³-hybridized carbons (Fsp3) is 0.800. The normalized spacial score (nSPS) is 30.0. The lowest BCUT2D eigenvalue weighted by Gasteiger charge is -2.50. The molecule has 0 amide bonds. The summed E-state index contributed by atoms with van der Waals surface area (Å²) in [5.74, 6) is 0.661. The number of aromatic nitrogens is 3. The van der Waals surface area contributed by atoms with Crippen molar-refractivity contribution in [2.75, 3.05) is 0 Å². The number of nitrogens with zero attached hydrogens (tertiary/aromatic N) is 3. The monoisotopic (exact) mass is 194 g/mol. The molecule has 2 atom stereocenters. The van der Waals surface area contributed by atoms with Crippen molar-refractivity contribution in [2.45, 2.75) is 32.7 Å². The van der Waals surface area contributed by atoms with Gasteiger partial charge in [0.15, 0.2) is 0 Å². The van der Waals surface area contributed by atoms with Gasteiger partial charge in [0.25, 0.3) is 0 Å². The summed E-state index contributed by atoms with van der Waals surface area (Å²) in [7, 11) is 1.90. The Labute approximate surface area is 84.5 Å². The molecule has 0 spiro atoms. The van der Waals surface area contributed by atoms with Gasteiger partial charge in [-0.05, 0) is 24.2 Å². The van der Waals surface area contributed by atoms with Crippen molar-refractivity contribution in [1.82, 2.24) is 15.0 Å². The molecule has 0 saturated heterocycles. The van der Waals surface area contributed by atoms with E-state index in [0.29, 0.717) is 12.0 Å². The van der Waals surface area contributed by atoms with Gasteiger partial charge in [-0.3, -0.25) is 4.68 Å². The van der Waals surface area contributed by atoms with Crippen molar-refractivity contribution >= 4 is 0 Å². The quantitative estimate of drug-likeness (QED) is 0.755. The van der Waals surface area contributed by atoms with Gasteiger partial charge in [-0.1, -0.05) is 19.1 Å². The molecule has 1 saturated carbocycles.